The monoisotopic (exact) mass is 758 g/mol. The smallest absolute Gasteiger partial charge is 0.000741 e. The second-order valence-electron chi connectivity index (χ2n) is 15.9. The quantitative estimate of drug-likeness (QED) is 0.158. The van der Waals surface area contributed by atoms with Gasteiger partial charge in [-0.3, -0.25) is 0 Å². The summed E-state index contributed by atoms with van der Waals surface area (Å²) in [6, 6.07) is 85.0. The van der Waals surface area contributed by atoms with Gasteiger partial charge >= 0.3 is 0 Å². The van der Waals surface area contributed by atoms with E-state index in [1.165, 1.54) is 121 Å². The highest BCUT2D eigenvalue weighted by Crippen LogP contribution is 2.58. The molecular formula is C60H38. The van der Waals surface area contributed by atoms with Gasteiger partial charge in [-0.1, -0.05) is 218 Å². The van der Waals surface area contributed by atoms with E-state index >= 15 is 0 Å². The zero-order chi connectivity index (χ0) is 39.6. The Labute approximate surface area is 350 Å². The van der Waals surface area contributed by atoms with E-state index in [2.05, 4.69) is 231 Å². The van der Waals surface area contributed by atoms with Crippen LogP contribution >= 0.6 is 0 Å². The van der Waals surface area contributed by atoms with Crippen molar-refractivity contribution in [2.45, 2.75) is 0 Å². The second-order valence-corrected chi connectivity index (χ2v) is 15.9. The van der Waals surface area contributed by atoms with Crippen molar-refractivity contribution < 1.29 is 0 Å². The average molecular weight is 759 g/mol. The molecule has 0 saturated heterocycles. The number of benzene rings is 11. The van der Waals surface area contributed by atoms with E-state index in [1.807, 2.05) is 0 Å². The fourth-order valence-corrected chi connectivity index (χ4v) is 9.91. The second kappa shape index (κ2) is 13.9. The largest absolute Gasteiger partial charge is 0.0622 e. The van der Waals surface area contributed by atoms with Crippen molar-refractivity contribution in [3.05, 3.63) is 231 Å². The fourth-order valence-electron chi connectivity index (χ4n) is 9.91. The Morgan fingerprint density at radius 2 is 0.633 bits per heavy atom. The maximum atomic E-state index is 2.45. The van der Waals surface area contributed by atoms with E-state index in [1.54, 1.807) is 0 Å². The fraction of sp³-hybridized carbons (Fsp3) is 0. The van der Waals surface area contributed by atoms with E-state index < -0.39 is 0 Å². The van der Waals surface area contributed by atoms with Gasteiger partial charge in [-0.2, -0.15) is 0 Å². The Morgan fingerprint density at radius 3 is 1.38 bits per heavy atom. The highest BCUT2D eigenvalue weighted by atomic mass is 14.3. The Kier molecular flexibility index (Phi) is 7.96. The molecule has 0 atom stereocenters. The van der Waals surface area contributed by atoms with Crippen LogP contribution in [-0.2, 0) is 0 Å². The highest BCUT2D eigenvalue weighted by Gasteiger charge is 2.31. The maximum absolute atomic E-state index is 2.45. The van der Waals surface area contributed by atoms with Gasteiger partial charge in [-0.15, -0.1) is 0 Å². The lowest BCUT2D eigenvalue weighted by Crippen LogP contribution is -1.94. The minimum absolute atomic E-state index is 1.20. The lowest BCUT2D eigenvalue weighted by atomic mass is 9.81. The van der Waals surface area contributed by atoms with E-state index in [0.717, 1.165) is 0 Å². The molecule has 0 bridgehead atoms. The van der Waals surface area contributed by atoms with E-state index in [9.17, 15) is 0 Å². The summed E-state index contributed by atoms with van der Waals surface area (Å²) in [6.07, 6.45) is 0. The molecule has 0 amide bonds. The van der Waals surface area contributed by atoms with Crippen LogP contribution < -0.4 is 0 Å². The van der Waals surface area contributed by atoms with Crippen molar-refractivity contribution in [1.82, 2.24) is 0 Å². The van der Waals surface area contributed by atoms with Crippen LogP contribution in [-0.4, -0.2) is 0 Å². The molecule has 1 aliphatic carbocycles. The first-order valence-corrected chi connectivity index (χ1v) is 20.8. The molecular weight excluding hydrogens is 721 g/mol. The van der Waals surface area contributed by atoms with Gasteiger partial charge in [0.2, 0.25) is 0 Å². The molecule has 0 radical (unpaired) electrons. The molecule has 278 valence electrons. The standard InChI is InChI=1S/C60H38/c1-4-15-39(16-5-1)45-23-12-24-47(37-45)50-35-36-54-58-51(50)27-14-28-53(58)59-57(44-20-8-3-9-21-44)55-38-46(33-34-52(55)56(60(54)59)43-18-6-2-7-19-43)40-29-31-42(32-30-40)49-26-13-22-41-17-10-11-25-48(41)49/h1-38H. The summed E-state index contributed by atoms with van der Waals surface area (Å²) in [7, 11) is 0. The predicted octanol–water partition coefficient (Wildman–Crippen LogP) is 16.8. The molecule has 11 aromatic rings. The summed E-state index contributed by atoms with van der Waals surface area (Å²) >= 11 is 0. The van der Waals surface area contributed by atoms with Crippen LogP contribution in [0.2, 0.25) is 0 Å². The zero-order valence-electron chi connectivity index (χ0n) is 32.9. The Hall–Kier alpha value is -7.80. The van der Waals surface area contributed by atoms with Crippen molar-refractivity contribution in [2.75, 3.05) is 0 Å². The zero-order valence-corrected chi connectivity index (χ0v) is 32.9. The lowest BCUT2D eigenvalue weighted by Gasteiger charge is -2.21. The first-order valence-electron chi connectivity index (χ1n) is 20.8. The van der Waals surface area contributed by atoms with Crippen molar-refractivity contribution in [2.24, 2.45) is 0 Å². The van der Waals surface area contributed by atoms with Crippen LogP contribution in [0.15, 0.2) is 231 Å². The first-order chi connectivity index (χ1) is 29.8. The van der Waals surface area contributed by atoms with Crippen LogP contribution in [0.1, 0.15) is 0 Å². The third-order valence-electron chi connectivity index (χ3n) is 12.6. The Bertz CT molecular complexity index is 3430. The van der Waals surface area contributed by atoms with Crippen molar-refractivity contribution >= 4 is 32.3 Å². The van der Waals surface area contributed by atoms with Crippen LogP contribution in [0.3, 0.4) is 0 Å². The number of hydrogen-bond acceptors (Lipinski definition) is 0. The molecule has 11 aromatic carbocycles. The van der Waals surface area contributed by atoms with Crippen molar-refractivity contribution in [3.63, 3.8) is 0 Å². The van der Waals surface area contributed by atoms with Gasteiger partial charge in [0, 0.05) is 0 Å². The van der Waals surface area contributed by atoms with Gasteiger partial charge in [0.15, 0.2) is 0 Å². The third-order valence-corrected chi connectivity index (χ3v) is 12.6. The molecule has 12 rings (SSSR count). The Balaban J connectivity index is 1.10. The number of rotatable bonds is 6. The van der Waals surface area contributed by atoms with Crippen molar-refractivity contribution in [1.29, 1.82) is 0 Å². The highest BCUT2D eigenvalue weighted by molar-refractivity contribution is 6.29. The van der Waals surface area contributed by atoms with Gasteiger partial charge in [0.05, 0.1) is 0 Å². The summed E-state index contributed by atoms with van der Waals surface area (Å²) in [5.74, 6) is 0. The summed E-state index contributed by atoms with van der Waals surface area (Å²) in [6.45, 7) is 0. The Morgan fingerprint density at radius 1 is 0.183 bits per heavy atom. The van der Waals surface area contributed by atoms with E-state index in [-0.39, 0.29) is 0 Å². The molecule has 1 aliphatic rings. The van der Waals surface area contributed by atoms with E-state index in [4.69, 9.17) is 0 Å². The molecule has 0 spiro atoms. The van der Waals surface area contributed by atoms with Gasteiger partial charge < -0.3 is 0 Å². The maximum Gasteiger partial charge on any atom is -0.000741 e. The van der Waals surface area contributed by atoms with Gasteiger partial charge in [-0.05, 0) is 133 Å². The molecule has 60 heavy (non-hydrogen) atoms. The van der Waals surface area contributed by atoms with Gasteiger partial charge in [0.25, 0.3) is 0 Å². The van der Waals surface area contributed by atoms with Gasteiger partial charge in [0.1, 0.15) is 0 Å². The summed E-state index contributed by atoms with van der Waals surface area (Å²) < 4.78 is 0. The molecule has 0 nitrogen and oxygen atoms in total. The predicted molar refractivity (Wildman–Crippen MR) is 256 cm³/mol. The van der Waals surface area contributed by atoms with Crippen LogP contribution in [0.25, 0.3) is 121 Å². The van der Waals surface area contributed by atoms with Crippen LogP contribution in [0.5, 0.6) is 0 Å². The topological polar surface area (TPSA) is 0 Å². The molecule has 0 aromatic heterocycles. The first kappa shape index (κ1) is 34.3. The third kappa shape index (κ3) is 5.46. The molecule has 0 aliphatic heterocycles. The lowest BCUT2D eigenvalue weighted by molar-refractivity contribution is 1.60. The average Bonchev–Trinajstić information content (AvgIpc) is 3.66. The van der Waals surface area contributed by atoms with Gasteiger partial charge in [-0.25, -0.2) is 0 Å². The summed E-state index contributed by atoms with van der Waals surface area (Å²) in [5.41, 5.74) is 20.1. The molecule has 0 N–H and O–H groups in total. The molecule has 0 saturated carbocycles. The van der Waals surface area contributed by atoms with Crippen LogP contribution in [0, 0.1) is 0 Å². The minimum atomic E-state index is 1.20. The minimum Gasteiger partial charge on any atom is -0.0622 e. The normalized spacial score (nSPS) is 11.7. The molecule has 0 heteroatoms. The SMILES string of the molecule is c1ccc(-c2cccc(-c3ccc4c5c(cccc35)-c3c-4c(-c4ccccc4)c4ccc(-c5ccc(-c6cccc7ccccc67)cc5)cc4c3-c3ccccc3)c2)cc1. The number of hydrogen-bond donors (Lipinski definition) is 0. The van der Waals surface area contributed by atoms with Crippen LogP contribution in [0.4, 0.5) is 0 Å². The van der Waals surface area contributed by atoms with Crippen molar-refractivity contribution in [3.8, 4) is 89.0 Å². The van der Waals surface area contributed by atoms with E-state index in [0.29, 0.717) is 0 Å². The molecule has 0 heterocycles. The summed E-state index contributed by atoms with van der Waals surface area (Å²) in [5, 5.41) is 7.65. The molecule has 0 unspecified atom stereocenters. The summed E-state index contributed by atoms with van der Waals surface area (Å²) in [4.78, 5) is 0. The molecule has 0 fully saturated rings. The number of fused-ring (bicyclic) bond motifs is 5.